The average Bonchev–Trinajstić information content (AvgIpc) is 2.93. The highest BCUT2D eigenvalue weighted by Gasteiger charge is 2.17. The van der Waals surface area contributed by atoms with Gasteiger partial charge in [-0.3, -0.25) is 9.36 Å². The Hall–Kier alpha value is -3.05. The van der Waals surface area contributed by atoms with E-state index in [1.807, 2.05) is 6.07 Å². The molecule has 0 fully saturated rings. The van der Waals surface area contributed by atoms with Gasteiger partial charge in [-0.25, -0.2) is 4.39 Å². The zero-order valence-electron chi connectivity index (χ0n) is 17.9. The third-order valence-corrected chi connectivity index (χ3v) is 6.58. The summed E-state index contributed by atoms with van der Waals surface area (Å²) in [4.78, 5) is 12.8. The minimum absolute atomic E-state index is 0.0211. The maximum Gasteiger partial charge on any atom is 0.258 e. The Bertz CT molecular complexity index is 1370. The number of aryl methyl sites for hydroxylation is 2. The maximum atomic E-state index is 14.0. The van der Waals surface area contributed by atoms with Gasteiger partial charge in [0.15, 0.2) is 0 Å². The fourth-order valence-corrected chi connectivity index (χ4v) is 4.80. The quantitative estimate of drug-likeness (QED) is 0.359. The summed E-state index contributed by atoms with van der Waals surface area (Å²) in [6.07, 6.45) is 7.66. The maximum absolute atomic E-state index is 14.0. The van der Waals surface area contributed by atoms with Gasteiger partial charge in [-0.05, 0) is 61.6 Å². The van der Waals surface area contributed by atoms with E-state index in [9.17, 15) is 9.18 Å². The lowest BCUT2D eigenvalue weighted by atomic mass is 10.1. The molecule has 2 aromatic heterocycles. The summed E-state index contributed by atoms with van der Waals surface area (Å²) in [5, 5.41) is 1.62. The molecule has 0 saturated heterocycles. The summed E-state index contributed by atoms with van der Waals surface area (Å²) in [5.41, 5.74) is 5.02. The van der Waals surface area contributed by atoms with Crippen LogP contribution in [0.3, 0.4) is 0 Å². The van der Waals surface area contributed by atoms with E-state index in [0.29, 0.717) is 16.3 Å². The molecule has 0 aliphatic heterocycles. The smallest absolute Gasteiger partial charge is 0.258 e. The van der Waals surface area contributed by atoms with Crippen molar-refractivity contribution in [1.29, 1.82) is 0 Å². The number of halogens is 2. The standard InChI is InChI=1S/C26H24ClFN2O2/c1-29-24-6-4-2-3-5-21(24)22-10-9-19(14-25(22)29)30-12-11-20(15-26(30)31)32-16-17-7-8-18(27)13-23(17)28/h7-15H,2-6,16H2,1H3. The average molecular weight is 451 g/mol. The highest BCUT2D eigenvalue weighted by Crippen LogP contribution is 2.32. The molecule has 4 nitrogen and oxygen atoms in total. The molecule has 4 aromatic rings. The highest BCUT2D eigenvalue weighted by atomic mass is 35.5. The lowest BCUT2D eigenvalue weighted by molar-refractivity contribution is 0.299. The van der Waals surface area contributed by atoms with Crippen molar-refractivity contribution in [3.05, 3.63) is 92.7 Å². The van der Waals surface area contributed by atoms with E-state index in [4.69, 9.17) is 16.3 Å². The molecule has 0 unspecified atom stereocenters. The van der Waals surface area contributed by atoms with Crippen molar-refractivity contribution < 1.29 is 9.13 Å². The number of nitrogens with zero attached hydrogens (tertiary/aromatic N) is 2. The van der Waals surface area contributed by atoms with Crippen LogP contribution in [0.15, 0.2) is 59.5 Å². The van der Waals surface area contributed by atoms with E-state index in [0.717, 1.165) is 24.0 Å². The molecule has 0 spiro atoms. The normalized spacial score (nSPS) is 13.7. The third-order valence-electron chi connectivity index (χ3n) is 6.34. The van der Waals surface area contributed by atoms with Crippen molar-refractivity contribution in [3.8, 4) is 11.4 Å². The lowest BCUT2D eigenvalue weighted by Crippen LogP contribution is -2.16. The molecule has 0 atom stereocenters. The summed E-state index contributed by atoms with van der Waals surface area (Å²) in [6, 6.07) is 13.8. The predicted octanol–water partition coefficient (Wildman–Crippen LogP) is 5.97. The predicted molar refractivity (Wildman–Crippen MR) is 126 cm³/mol. The first-order valence-corrected chi connectivity index (χ1v) is 11.3. The van der Waals surface area contributed by atoms with Crippen LogP contribution in [0.5, 0.6) is 5.75 Å². The number of rotatable bonds is 4. The Morgan fingerprint density at radius 2 is 1.88 bits per heavy atom. The molecule has 0 N–H and O–H groups in total. The molecule has 0 bridgehead atoms. The van der Waals surface area contributed by atoms with Crippen molar-refractivity contribution in [3.63, 3.8) is 0 Å². The van der Waals surface area contributed by atoms with Gasteiger partial charge in [-0.1, -0.05) is 30.2 Å². The molecule has 2 aromatic carbocycles. The van der Waals surface area contributed by atoms with Crippen molar-refractivity contribution >= 4 is 22.5 Å². The summed E-state index contributed by atoms with van der Waals surface area (Å²) in [6.45, 7) is 0.0211. The molecular weight excluding hydrogens is 427 g/mol. The van der Waals surface area contributed by atoms with Crippen molar-refractivity contribution in [2.24, 2.45) is 7.05 Å². The van der Waals surface area contributed by atoms with Gasteiger partial charge < -0.3 is 9.30 Å². The van der Waals surface area contributed by atoms with Gasteiger partial charge in [0.1, 0.15) is 18.2 Å². The third kappa shape index (κ3) is 3.82. The Kier molecular flexibility index (Phi) is 5.51. The van der Waals surface area contributed by atoms with Gasteiger partial charge in [-0.15, -0.1) is 0 Å². The Balaban J connectivity index is 1.42. The summed E-state index contributed by atoms with van der Waals surface area (Å²) in [7, 11) is 2.12. The van der Waals surface area contributed by atoms with Crippen LogP contribution in [-0.2, 0) is 26.5 Å². The van der Waals surface area contributed by atoms with Gasteiger partial charge in [0, 0.05) is 41.0 Å². The molecule has 164 valence electrons. The van der Waals surface area contributed by atoms with Gasteiger partial charge in [0.05, 0.1) is 11.2 Å². The van der Waals surface area contributed by atoms with Gasteiger partial charge in [0.2, 0.25) is 0 Å². The minimum atomic E-state index is -0.430. The van der Waals surface area contributed by atoms with E-state index < -0.39 is 5.82 Å². The highest BCUT2D eigenvalue weighted by molar-refractivity contribution is 6.30. The summed E-state index contributed by atoms with van der Waals surface area (Å²) < 4.78 is 23.5. The fraction of sp³-hybridized carbons (Fsp3) is 0.269. The van der Waals surface area contributed by atoms with Gasteiger partial charge in [-0.2, -0.15) is 0 Å². The Morgan fingerprint density at radius 1 is 1.03 bits per heavy atom. The summed E-state index contributed by atoms with van der Waals surface area (Å²) >= 11 is 5.79. The number of aromatic nitrogens is 2. The van der Waals surface area contributed by atoms with Crippen molar-refractivity contribution in [2.45, 2.75) is 38.7 Å². The van der Waals surface area contributed by atoms with E-state index >= 15 is 0 Å². The van der Waals surface area contributed by atoms with Crippen molar-refractivity contribution in [1.82, 2.24) is 9.13 Å². The molecule has 0 radical (unpaired) electrons. The second-order valence-electron chi connectivity index (χ2n) is 8.34. The van der Waals surface area contributed by atoms with Crippen LogP contribution in [0.4, 0.5) is 4.39 Å². The molecule has 32 heavy (non-hydrogen) atoms. The zero-order valence-corrected chi connectivity index (χ0v) is 18.7. The van der Waals surface area contributed by atoms with Crippen LogP contribution < -0.4 is 10.3 Å². The minimum Gasteiger partial charge on any atom is -0.489 e. The Morgan fingerprint density at radius 3 is 2.69 bits per heavy atom. The molecule has 6 heteroatoms. The molecule has 0 amide bonds. The van der Waals surface area contributed by atoms with Gasteiger partial charge >= 0.3 is 0 Å². The van der Waals surface area contributed by atoms with Crippen LogP contribution in [0.25, 0.3) is 16.6 Å². The fourth-order valence-electron chi connectivity index (χ4n) is 4.64. The monoisotopic (exact) mass is 450 g/mol. The van der Waals surface area contributed by atoms with Gasteiger partial charge in [0.25, 0.3) is 5.56 Å². The van der Waals surface area contributed by atoms with E-state index in [1.54, 1.807) is 29.0 Å². The Labute approximate surface area is 190 Å². The van der Waals surface area contributed by atoms with Crippen LogP contribution in [0.1, 0.15) is 36.1 Å². The first-order chi connectivity index (χ1) is 15.5. The van der Waals surface area contributed by atoms with E-state index in [-0.39, 0.29) is 12.2 Å². The first-order valence-electron chi connectivity index (χ1n) is 10.9. The van der Waals surface area contributed by atoms with E-state index in [1.165, 1.54) is 48.0 Å². The van der Waals surface area contributed by atoms with Crippen LogP contribution in [-0.4, -0.2) is 9.13 Å². The second-order valence-corrected chi connectivity index (χ2v) is 8.78. The van der Waals surface area contributed by atoms with E-state index in [2.05, 4.69) is 23.7 Å². The molecule has 2 heterocycles. The molecule has 1 aliphatic rings. The SMILES string of the molecule is Cn1c2c(c3ccc(-n4ccc(OCc5ccc(Cl)cc5F)cc4=O)cc31)CCCCC2. The second kappa shape index (κ2) is 8.47. The summed E-state index contributed by atoms with van der Waals surface area (Å²) in [5.74, 6) is -0.0348. The van der Waals surface area contributed by atoms with Crippen LogP contribution in [0, 0.1) is 5.82 Å². The lowest BCUT2D eigenvalue weighted by Gasteiger charge is -2.10. The van der Waals surface area contributed by atoms with Crippen molar-refractivity contribution in [2.75, 3.05) is 0 Å². The largest absolute Gasteiger partial charge is 0.489 e. The zero-order chi connectivity index (χ0) is 22.2. The molecule has 0 saturated carbocycles. The number of ether oxygens (including phenoxy) is 1. The number of hydrogen-bond donors (Lipinski definition) is 0. The number of hydrogen-bond acceptors (Lipinski definition) is 2. The molecular formula is C26H24ClFN2O2. The number of pyridine rings is 1. The van der Waals surface area contributed by atoms with Crippen LogP contribution in [0.2, 0.25) is 5.02 Å². The number of fused-ring (bicyclic) bond motifs is 3. The molecule has 1 aliphatic carbocycles. The van der Waals surface area contributed by atoms with Crippen LogP contribution >= 0.6 is 11.6 Å². The first kappa shape index (κ1) is 20.8. The molecule has 5 rings (SSSR count). The number of benzene rings is 2. The topological polar surface area (TPSA) is 36.2 Å².